The molecule has 2 aromatic carbocycles. The molecule has 3 aromatic rings. The zero-order valence-corrected chi connectivity index (χ0v) is 18.5. The van der Waals surface area contributed by atoms with Crippen LogP contribution in [0.15, 0.2) is 53.3 Å². The second-order valence-corrected chi connectivity index (χ2v) is 9.00. The van der Waals surface area contributed by atoms with Gasteiger partial charge in [-0.15, -0.1) is 4.79 Å². The predicted molar refractivity (Wildman–Crippen MR) is 122 cm³/mol. The van der Waals surface area contributed by atoms with E-state index in [2.05, 4.69) is 15.8 Å². The molecule has 0 radical (unpaired) electrons. The molecule has 1 heterocycles. The van der Waals surface area contributed by atoms with E-state index in [4.69, 9.17) is 11.6 Å². The summed E-state index contributed by atoms with van der Waals surface area (Å²) < 4.78 is 0. The summed E-state index contributed by atoms with van der Waals surface area (Å²) >= 11 is 5.87. The third-order valence-electron chi connectivity index (χ3n) is 4.53. The maximum Gasteiger partial charge on any atom is 0.294 e. The Hall–Kier alpha value is -3.19. The number of fused-ring (bicyclic) bond motifs is 1. The maximum absolute atomic E-state index is 12.8. The number of carbonyl (C=O) groups excluding carboxylic acids is 2. The average Bonchev–Trinajstić information content (AvgIpc) is 2.71. The molecule has 7 nitrogen and oxygen atoms in total. The second-order valence-electron chi connectivity index (χ2n) is 8.56. The molecule has 0 aliphatic rings. The van der Waals surface area contributed by atoms with Gasteiger partial charge >= 0.3 is 0 Å². The molecule has 0 saturated carbocycles. The maximum atomic E-state index is 12.8. The number of amides is 2. The predicted octanol–water partition coefficient (Wildman–Crippen LogP) is 3.07. The Balaban J connectivity index is 1.85. The summed E-state index contributed by atoms with van der Waals surface area (Å²) in [4.78, 5) is 38.7. The molecule has 0 aliphatic heterocycles. The van der Waals surface area contributed by atoms with Crippen molar-refractivity contribution in [2.75, 3.05) is 12.0 Å². The van der Waals surface area contributed by atoms with Crippen molar-refractivity contribution in [1.29, 1.82) is 0 Å². The highest BCUT2D eigenvalue weighted by Crippen LogP contribution is 2.15. The molecular formula is C23H25ClN4O3. The molecule has 0 aliphatic carbocycles. The van der Waals surface area contributed by atoms with E-state index < -0.39 is 11.5 Å². The first-order chi connectivity index (χ1) is 14.6. The minimum atomic E-state index is -0.459. The lowest BCUT2D eigenvalue weighted by atomic mass is 9.97. The van der Waals surface area contributed by atoms with Crippen LogP contribution in [0.2, 0.25) is 5.02 Å². The molecule has 2 N–H and O–H groups in total. The smallest absolute Gasteiger partial charge is 0.294 e. The van der Waals surface area contributed by atoms with Gasteiger partial charge in [0.25, 0.3) is 5.56 Å². The lowest BCUT2D eigenvalue weighted by Crippen LogP contribution is -2.38. The van der Waals surface area contributed by atoms with Crippen LogP contribution in [0.3, 0.4) is 0 Å². The Bertz CT molecular complexity index is 1160. The highest BCUT2D eigenvalue weighted by molar-refractivity contribution is 6.30. The Morgan fingerprint density at radius 2 is 1.61 bits per heavy atom. The molecule has 0 bridgehead atoms. The van der Waals surface area contributed by atoms with Crippen molar-refractivity contribution >= 4 is 34.2 Å². The fourth-order valence-electron chi connectivity index (χ4n) is 2.99. The summed E-state index contributed by atoms with van der Waals surface area (Å²) in [5, 5.41) is 8.69. The van der Waals surface area contributed by atoms with Crippen LogP contribution in [0.25, 0.3) is 10.8 Å². The number of rotatable bonds is 6. The fraction of sp³-hybridized carbons (Fsp3) is 0.304. The van der Waals surface area contributed by atoms with Crippen LogP contribution in [0, 0.1) is 5.41 Å². The number of carbonyl (C=O) groups is 2. The molecule has 0 fully saturated rings. The molecular weight excluding hydrogens is 416 g/mol. The van der Waals surface area contributed by atoms with Crippen molar-refractivity contribution in [2.45, 2.75) is 33.6 Å². The van der Waals surface area contributed by atoms with Crippen molar-refractivity contribution in [1.82, 2.24) is 15.2 Å². The number of nitrogens with zero attached hydrogens (tertiary/aromatic N) is 2. The Morgan fingerprint density at radius 1 is 0.968 bits per heavy atom. The molecule has 2 amide bonds. The quantitative estimate of drug-likeness (QED) is 0.616. The minimum absolute atomic E-state index is 0.00999. The SMILES string of the molecule is CC(C)(C)CNC(=O)Cc1nn(NC(=O)Cc2ccc(Cl)cc2)c(=O)c2ccccc12. The number of aromatic nitrogens is 2. The van der Waals surface area contributed by atoms with Crippen molar-refractivity contribution in [2.24, 2.45) is 5.41 Å². The van der Waals surface area contributed by atoms with E-state index >= 15 is 0 Å². The van der Waals surface area contributed by atoms with E-state index in [-0.39, 0.29) is 24.2 Å². The van der Waals surface area contributed by atoms with E-state index in [1.807, 2.05) is 20.8 Å². The van der Waals surface area contributed by atoms with Crippen molar-refractivity contribution < 1.29 is 9.59 Å². The van der Waals surface area contributed by atoms with E-state index in [1.165, 1.54) is 0 Å². The highest BCUT2D eigenvalue weighted by atomic mass is 35.5. The van der Waals surface area contributed by atoms with Crippen molar-refractivity contribution in [3.05, 3.63) is 75.2 Å². The number of hydrogen-bond donors (Lipinski definition) is 2. The number of benzene rings is 2. The standard InChI is InChI=1S/C23H25ClN4O3/c1-23(2,3)14-25-20(29)13-19-17-6-4-5-7-18(17)22(31)28(26-19)27-21(30)12-15-8-10-16(24)11-9-15/h4-11H,12-14H2,1-3H3,(H,25,29)(H,27,30). The van der Waals surface area contributed by atoms with Crippen LogP contribution in [0.4, 0.5) is 0 Å². The fourth-order valence-corrected chi connectivity index (χ4v) is 3.11. The second kappa shape index (κ2) is 9.31. The molecule has 162 valence electrons. The van der Waals surface area contributed by atoms with Gasteiger partial charge in [0.1, 0.15) is 0 Å². The lowest BCUT2D eigenvalue weighted by Gasteiger charge is -2.19. The van der Waals surface area contributed by atoms with E-state index in [1.54, 1.807) is 48.5 Å². The molecule has 0 unspecified atom stereocenters. The summed E-state index contributed by atoms with van der Waals surface area (Å²) in [6, 6.07) is 13.8. The molecule has 0 spiro atoms. The van der Waals surface area contributed by atoms with Crippen LogP contribution < -0.4 is 16.3 Å². The molecule has 0 saturated heterocycles. The first-order valence-electron chi connectivity index (χ1n) is 9.94. The van der Waals surface area contributed by atoms with Crippen LogP contribution >= 0.6 is 11.6 Å². The van der Waals surface area contributed by atoms with Crippen LogP contribution in [0.1, 0.15) is 32.0 Å². The highest BCUT2D eigenvalue weighted by Gasteiger charge is 2.17. The van der Waals surface area contributed by atoms with Crippen LogP contribution in [-0.2, 0) is 22.4 Å². The van der Waals surface area contributed by atoms with E-state index in [0.717, 1.165) is 10.4 Å². The van der Waals surface area contributed by atoms with Crippen LogP contribution in [-0.4, -0.2) is 28.2 Å². The normalized spacial score (nSPS) is 11.4. The summed E-state index contributed by atoms with van der Waals surface area (Å²) in [6.45, 7) is 6.59. The van der Waals surface area contributed by atoms with Crippen LogP contribution in [0.5, 0.6) is 0 Å². The average molecular weight is 441 g/mol. The third kappa shape index (κ3) is 6.15. The van der Waals surface area contributed by atoms with E-state index in [0.29, 0.717) is 28.0 Å². The molecule has 0 atom stereocenters. The molecule has 1 aromatic heterocycles. The van der Waals surface area contributed by atoms with Crippen molar-refractivity contribution in [3.8, 4) is 0 Å². The van der Waals surface area contributed by atoms with Gasteiger partial charge < -0.3 is 5.32 Å². The van der Waals surface area contributed by atoms with Gasteiger partial charge in [0.2, 0.25) is 11.8 Å². The Labute approximate surface area is 185 Å². The zero-order chi connectivity index (χ0) is 22.6. The van der Waals surface area contributed by atoms with Gasteiger partial charge in [0.15, 0.2) is 0 Å². The Morgan fingerprint density at radius 3 is 2.26 bits per heavy atom. The number of nitrogens with one attached hydrogen (secondary N) is 2. The zero-order valence-electron chi connectivity index (χ0n) is 17.7. The van der Waals surface area contributed by atoms with Gasteiger partial charge in [-0.2, -0.15) is 5.10 Å². The van der Waals surface area contributed by atoms with Gasteiger partial charge in [0.05, 0.1) is 23.9 Å². The monoisotopic (exact) mass is 440 g/mol. The van der Waals surface area contributed by atoms with Crippen molar-refractivity contribution in [3.63, 3.8) is 0 Å². The first-order valence-corrected chi connectivity index (χ1v) is 10.3. The third-order valence-corrected chi connectivity index (χ3v) is 4.79. The van der Waals surface area contributed by atoms with E-state index in [9.17, 15) is 14.4 Å². The summed E-state index contributed by atoms with van der Waals surface area (Å²) in [5.74, 6) is -0.611. The molecule has 8 heteroatoms. The topological polar surface area (TPSA) is 93.1 Å². The largest absolute Gasteiger partial charge is 0.355 e. The minimum Gasteiger partial charge on any atom is -0.355 e. The molecule has 3 rings (SSSR count). The summed E-state index contributed by atoms with van der Waals surface area (Å²) in [6.07, 6.45) is 0.0451. The number of halogens is 1. The summed E-state index contributed by atoms with van der Waals surface area (Å²) in [7, 11) is 0. The number of hydrogen-bond acceptors (Lipinski definition) is 4. The Kier molecular flexibility index (Phi) is 6.75. The molecule has 31 heavy (non-hydrogen) atoms. The summed E-state index contributed by atoms with van der Waals surface area (Å²) in [5.41, 5.74) is 3.17. The van der Waals surface area contributed by atoms with Gasteiger partial charge in [0, 0.05) is 17.0 Å². The van der Waals surface area contributed by atoms with Gasteiger partial charge in [-0.3, -0.25) is 14.4 Å². The van der Waals surface area contributed by atoms with Gasteiger partial charge in [-0.25, -0.2) is 5.43 Å². The van der Waals surface area contributed by atoms with Gasteiger partial charge in [-0.1, -0.05) is 62.7 Å². The first kappa shape index (κ1) is 22.5. The van der Waals surface area contributed by atoms with Gasteiger partial charge in [-0.05, 0) is 29.2 Å². The lowest BCUT2D eigenvalue weighted by molar-refractivity contribution is -0.120.